The lowest BCUT2D eigenvalue weighted by molar-refractivity contribution is 0.0531. The van der Waals surface area contributed by atoms with E-state index >= 15 is 0 Å². The van der Waals surface area contributed by atoms with Gasteiger partial charge in [0.1, 0.15) is 9.88 Å². The molecule has 0 saturated carbocycles. The minimum absolute atomic E-state index is 0.0643. The Balaban J connectivity index is 1.98. The number of aryl methyl sites for hydroxylation is 1. The zero-order chi connectivity index (χ0) is 17.5. The van der Waals surface area contributed by atoms with E-state index in [0.29, 0.717) is 29.7 Å². The number of thiophene rings is 1. The third kappa shape index (κ3) is 4.78. The molecule has 0 saturated heterocycles. The molecule has 130 valence electrons. The van der Waals surface area contributed by atoms with Crippen molar-refractivity contribution in [2.45, 2.75) is 33.4 Å². The molecule has 8 heteroatoms. The Labute approximate surface area is 150 Å². The Morgan fingerprint density at radius 2 is 2.29 bits per heavy atom. The molecule has 2 aromatic heterocycles. The highest BCUT2D eigenvalue weighted by Crippen LogP contribution is 2.24. The minimum atomic E-state index is -0.314. The van der Waals surface area contributed by atoms with E-state index in [-0.39, 0.29) is 12.0 Å². The summed E-state index contributed by atoms with van der Waals surface area (Å²) in [6.45, 7) is 6.68. The number of ether oxygens (including phenoxy) is 1. The quantitative estimate of drug-likeness (QED) is 0.467. The van der Waals surface area contributed by atoms with Crippen molar-refractivity contribution < 1.29 is 9.53 Å². The van der Waals surface area contributed by atoms with Gasteiger partial charge < -0.3 is 15.4 Å². The highest BCUT2D eigenvalue weighted by Gasteiger charge is 2.20. The number of carbonyl (C=O) groups is 1. The highest BCUT2D eigenvalue weighted by atomic mass is 32.1. The number of hydrogen-bond acceptors (Lipinski definition) is 6. The second-order valence-electron chi connectivity index (χ2n) is 5.11. The number of hydrogen-bond donors (Lipinski definition) is 2. The number of aliphatic imine (C=N–C) groups is 1. The van der Waals surface area contributed by atoms with Gasteiger partial charge in [0.25, 0.3) is 0 Å². The third-order valence-corrected chi connectivity index (χ3v) is 5.31. The predicted molar refractivity (Wildman–Crippen MR) is 98.9 cm³/mol. The van der Waals surface area contributed by atoms with Gasteiger partial charge in [-0.1, -0.05) is 0 Å². The van der Waals surface area contributed by atoms with E-state index in [2.05, 4.69) is 32.1 Å². The first-order valence-electron chi connectivity index (χ1n) is 7.67. The molecule has 1 atom stereocenters. The fraction of sp³-hybridized carbons (Fsp3) is 0.438. The molecule has 6 nitrogen and oxygen atoms in total. The highest BCUT2D eigenvalue weighted by molar-refractivity contribution is 7.13. The summed E-state index contributed by atoms with van der Waals surface area (Å²) in [5, 5.41) is 11.5. The number of rotatable bonds is 6. The van der Waals surface area contributed by atoms with Gasteiger partial charge in [0, 0.05) is 13.6 Å². The summed E-state index contributed by atoms with van der Waals surface area (Å²) in [6, 6.07) is 2.01. The van der Waals surface area contributed by atoms with Crippen molar-refractivity contribution in [3.63, 3.8) is 0 Å². The fourth-order valence-electron chi connectivity index (χ4n) is 2.03. The molecule has 2 aromatic rings. The predicted octanol–water partition coefficient (Wildman–Crippen LogP) is 3.12. The summed E-state index contributed by atoms with van der Waals surface area (Å²) in [6.07, 6.45) is 0. The Bertz CT molecular complexity index is 695. The lowest BCUT2D eigenvalue weighted by Crippen LogP contribution is -2.38. The van der Waals surface area contributed by atoms with Crippen LogP contribution in [0.1, 0.15) is 45.8 Å². The lowest BCUT2D eigenvalue weighted by atomic mass is 10.3. The standard InChI is InChI=1S/C16H22N4O2S2/c1-5-22-15(21)13-10(2)19-14(24-13)11(3)20-16(17-4)18-8-12-6-7-23-9-12/h6-7,9,11H,5,8H2,1-4H3,(H2,17,18,20). The number of nitrogens with zero attached hydrogens (tertiary/aromatic N) is 2. The maximum atomic E-state index is 11.9. The third-order valence-electron chi connectivity index (χ3n) is 3.26. The summed E-state index contributed by atoms with van der Waals surface area (Å²) < 4.78 is 5.06. The Morgan fingerprint density at radius 1 is 1.50 bits per heavy atom. The van der Waals surface area contributed by atoms with Crippen molar-refractivity contribution in [1.82, 2.24) is 15.6 Å². The van der Waals surface area contributed by atoms with E-state index in [4.69, 9.17) is 4.74 Å². The van der Waals surface area contributed by atoms with E-state index in [0.717, 1.165) is 5.01 Å². The van der Waals surface area contributed by atoms with Gasteiger partial charge in [0.05, 0.1) is 18.3 Å². The van der Waals surface area contributed by atoms with Crippen molar-refractivity contribution in [3.05, 3.63) is 38.0 Å². The molecular formula is C16H22N4O2S2. The van der Waals surface area contributed by atoms with Crippen molar-refractivity contribution in [2.75, 3.05) is 13.7 Å². The Morgan fingerprint density at radius 3 is 2.92 bits per heavy atom. The SMILES string of the molecule is CCOC(=O)c1sc(C(C)NC(=NC)NCc2ccsc2)nc1C. The normalized spacial score (nSPS) is 12.8. The van der Waals surface area contributed by atoms with E-state index < -0.39 is 0 Å². The summed E-state index contributed by atoms with van der Waals surface area (Å²) in [4.78, 5) is 21.2. The van der Waals surface area contributed by atoms with Gasteiger partial charge >= 0.3 is 5.97 Å². The molecular weight excluding hydrogens is 344 g/mol. The first-order valence-corrected chi connectivity index (χ1v) is 9.43. The average molecular weight is 367 g/mol. The van der Waals surface area contributed by atoms with E-state index in [9.17, 15) is 4.79 Å². The second kappa shape index (κ2) is 8.79. The van der Waals surface area contributed by atoms with E-state index in [1.54, 1.807) is 25.3 Å². The number of guanidine groups is 1. The number of thiazole rings is 1. The summed E-state index contributed by atoms with van der Waals surface area (Å²) >= 11 is 3.02. The van der Waals surface area contributed by atoms with Crippen molar-refractivity contribution in [2.24, 2.45) is 4.99 Å². The monoisotopic (exact) mass is 366 g/mol. The second-order valence-corrected chi connectivity index (χ2v) is 6.92. The Hall–Kier alpha value is -1.93. The molecule has 2 N–H and O–H groups in total. The lowest BCUT2D eigenvalue weighted by Gasteiger charge is -2.15. The van der Waals surface area contributed by atoms with Crippen LogP contribution < -0.4 is 10.6 Å². The van der Waals surface area contributed by atoms with Crippen LogP contribution in [0.4, 0.5) is 0 Å². The number of nitrogens with one attached hydrogen (secondary N) is 2. The van der Waals surface area contributed by atoms with Gasteiger partial charge in [-0.05, 0) is 43.2 Å². The molecule has 0 radical (unpaired) electrons. The molecule has 0 aliphatic rings. The molecule has 1 unspecified atom stereocenters. The van der Waals surface area contributed by atoms with Crippen molar-refractivity contribution in [1.29, 1.82) is 0 Å². The number of esters is 1. The van der Waals surface area contributed by atoms with E-state index in [1.807, 2.05) is 19.2 Å². The minimum Gasteiger partial charge on any atom is -0.462 e. The zero-order valence-electron chi connectivity index (χ0n) is 14.3. The van der Waals surface area contributed by atoms with Gasteiger partial charge in [0.15, 0.2) is 5.96 Å². The molecule has 2 heterocycles. The van der Waals surface area contributed by atoms with Gasteiger partial charge in [-0.2, -0.15) is 11.3 Å². The smallest absolute Gasteiger partial charge is 0.350 e. The Kier molecular flexibility index (Phi) is 6.74. The van der Waals surface area contributed by atoms with E-state index in [1.165, 1.54) is 16.9 Å². The van der Waals surface area contributed by atoms with Crippen LogP contribution in [0.3, 0.4) is 0 Å². The van der Waals surface area contributed by atoms with Crippen LogP contribution in [0.5, 0.6) is 0 Å². The summed E-state index contributed by atoms with van der Waals surface area (Å²) in [5.74, 6) is 0.380. The van der Waals surface area contributed by atoms with Gasteiger partial charge in [-0.25, -0.2) is 9.78 Å². The molecule has 2 rings (SSSR count). The first kappa shape index (κ1) is 18.4. The molecule has 0 aliphatic carbocycles. The number of carbonyl (C=O) groups excluding carboxylic acids is 1. The maximum Gasteiger partial charge on any atom is 0.350 e. The molecule has 0 fully saturated rings. The van der Waals surface area contributed by atoms with Crippen molar-refractivity contribution >= 4 is 34.6 Å². The summed E-state index contributed by atoms with van der Waals surface area (Å²) in [7, 11) is 1.73. The van der Waals surface area contributed by atoms with Gasteiger partial charge in [-0.15, -0.1) is 11.3 Å². The molecule has 0 bridgehead atoms. The van der Waals surface area contributed by atoms with Crippen LogP contribution >= 0.6 is 22.7 Å². The van der Waals surface area contributed by atoms with Crippen LogP contribution in [-0.4, -0.2) is 30.6 Å². The van der Waals surface area contributed by atoms with Crippen LogP contribution in [-0.2, 0) is 11.3 Å². The van der Waals surface area contributed by atoms with Crippen LogP contribution in [0.2, 0.25) is 0 Å². The molecule has 24 heavy (non-hydrogen) atoms. The summed E-state index contributed by atoms with van der Waals surface area (Å²) in [5.41, 5.74) is 1.91. The first-order chi connectivity index (χ1) is 11.5. The van der Waals surface area contributed by atoms with Crippen LogP contribution in [0.15, 0.2) is 21.8 Å². The molecule has 0 aliphatic heterocycles. The van der Waals surface area contributed by atoms with Crippen LogP contribution in [0.25, 0.3) is 0 Å². The maximum absolute atomic E-state index is 11.9. The van der Waals surface area contributed by atoms with Gasteiger partial charge in [-0.3, -0.25) is 4.99 Å². The average Bonchev–Trinajstić information content (AvgIpc) is 3.20. The topological polar surface area (TPSA) is 75.6 Å². The number of aromatic nitrogens is 1. The largest absolute Gasteiger partial charge is 0.462 e. The molecule has 0 aromatic carbocycles. The van der Waals surface area contributed by atoms with Gasteiger partial charge in [0.2, 0.25) is 0 Å². The molecule has 0 amide bonds. The van der Waals surface area contributed by atoms with Crippen molar-refractivity contribution in [3.8, 4) is 0 Å². The van der Waals surface area contributed by atoms with Crippen LogP contribution in [0, 0.1) is 6.92 Å². The fourth-order valence-corrected chi connectivity index (χ4v) is 3.66. The molecule has 0 spiro atoms. The zero-order valence-corrected chi connectivity index (χ0v) is 15.9.